The second-order valence-corrected chi connectivity index (χ2v) is 8.30. The Labute approximate surface area is 186 Å². The molecule has 0 radical (unpaired) electrons. The van der Waals surface area contributed by atoms with Crippen molar-refractivity contribution < 1.29 is 9.90 Å². The maximum Gasteiger partial charge on any atom is 0.255 e. The zero-order chi connectivity index (χ0) is 21.9. The summed E-state index contributed by atoms with van der Waals surface area (Å²) in [7, 11) is 0. The molecule has 2 N–H and O–H groups in total. The normalized spacial score (nSPS) is 18.5. The molecule has 1 amide bonds. The van der Waals surface area contributed by atoms with Gasteiger partial charge < -0.3 is 15.0 Å². The zero-order valence-electron chi connectivity index (χ0n) is 17.7. The Hall–Kier alpha value is -3.58. The molecule has 0 bridgehead atoms. The summed E-state index contributed by atoms with van der Waals surface area (Å²) in [5.74, 6) is -0.183. The largest absolute Gasteiger partial charge is 0.391 e. The summed E-state index contributed by atoms with van der Waals surface area (Å²) in [4.78, 5) is 25.7. The lowest BCUT2D eigenvalue weighted by molar-refractivity contribution is 0.0718. The number of aliphatic hydroxyl groups excluding tert-OH is 1. The molecule has 32 heavy (non-hydrogen) atoms. The third kappa shape index (κ3) is 4.11. The number of benzene rings is 1. The predicted molar refractivity (Wildman–Crippen MR) is 122 cm³/mol. The highest BCUT2D eigenvalue weighted by atomic mass is 16.3. The number of aliphatic hydroxyl groups is 1. The van der Waals surface area contributed by atoms with Gasteiger partial charge >= 0.3 is 0 Å². The van der Waals surface area contributed by atoms with Gasteiger partial charge in [-0.1, -0.05) is 37.1 Å². The van der Waals surface area contributed by atoms with Crippen molar-refractivity contribution in [3.8, 4) is 11.1 Å². The summed E-state index contributed by atoms with van der Waals surface area (Å²) in [6.07, 6.45) is 11.7. The molecule has 0 saturated heterocycles. The third-order valence-electron chi connectivity index (χ3n) is 6.13. The van der Waals surface area contributed by atoms with Gasteiger partial charge in [0.2, 0.25) is 0 Å². The van der Waals surface area contributed by atoms with Gasteiger partial charge in [-0.05, 0) is 36.1 Å². The van der Waals surface area contributed by atoms with Gasteiger partial charge in [-0.3, -0.25) is 9.78 Å². The number of aromatic nitrogens is 4. The molecule has 0 aliphatic heterocycles. The minimum Gasteiger partial charge on any atom is -0.391 e. The molecule has 2 atom stereocenters. The van der Waals surface area contributed by atoms with Crippen LogP contribution in [0.3, 0.4) is 0 Å². The van der Waals surface area contributed by atoms with Gasteiger partial charge in [-0.25, -0.2) is 9.97 Å². The van der Waals surface area contributed by atoms with Crippen LogP contribution in [0.25, 0.3) is 22.2 Å². The maximum atomic E-state index is 13.1. The summed E-state index contributed by atoms with van der Waals surface area (Å²) < 4.78 is 2.05. The minimum atomic E-state index is -0.484. The van der Waals surface area contributed by atoms with Crippen molar-refractivity contribution in [2.24, 2.45) is 0 Å². The molecule has 162 valence electrons. The Morgan fingerprint density at radius 1 is 1.06 bits per heavy atom. The average molecular weight is 428 g/mol. The van der Waals surface area contributed by atoms with E-state index in [-0.39, 0.29) is 11.9 Å². The predicted octanol–water partition coefficient (Wildman–Crippen LogP) is 3.57. The monoisotopic (exact) mass is 427 g/mol. The van der Waals surface area contributed by atoms with Crippen molar-refractivity contribution in [2.45, 2.75) is 44.4 Å². The van der Waals surface area contributed by atoms with Crippen LogP contribution < -0.4 is 5.32 Å². The SMILES string of the molecule is O=C(N[C@H]1CCCC[C@@H]1O)c1cn(Cc2ccc(-c3cncnc3)cc2)c2cccnc12. The minimum absolute atomic E-state index is 0.183. The third-order valence-corrected chi connectivity index (χ3v) is 6.13. The molecule has 1 aliphatic carbocycles. The van der Waals surface area contributed by atoms with E-state index in [0.717, 1.165) is 47.9 Å². The van der Waals surface area contributed by atoms with E-state index in [4.69, 9.17) is 0 Å². The number of rotatable bonds is 5. The van der Waals surface area contributed by atoms with Crippen LogP contribution in [0.15, 0.2) is 67.5 Å². The molecule has 1 aliphatic rings. The summed E-state index contributed by atoms with van der Waals surface area (Å²) in [5.41, 5.74) is 5.26. The number of pyridine rings is 1. The summed E-state index contributed by atoms with van der Waals surface area (Å²) >= 11 is 0. The van der Waals surface area contributed by atoms with Gasteiger partial charge in [-0.2, -0.15) is 0 Å². The molecule has 1 fully saturated rings. The topological polar surface area (TPSA) is 92.9 Å². The Bertz CT molecular complexity index is 1220. The van der Waals surface area contributed by atoms with E-state index in [1.54, 1.807) is 18.6 Å². The van der Waals surface area contributed by atoms with E-state index < -0.39 is 6.10 Å². The summed E-state index contributed by atoms with van der Waals surface area (Å²) in [6.45, 7) is 0.618. The highest BCUT2D eigenvalue weighted by Gasteiger charge is 2.26. The van der Waals surface area contributed by atoms with Crippen LogP contribution in [0.1, 0.15) is 41.6 Å². The Morgan fingerprint density at radius 2 is 1.84 bits per heavy atom. The Kier molecular flexibility index (Phi) is 5.64. The summed E-state index contributed by atoms with van der Waals surface area (Å²) in [5, 5.41) is 13.3. The van der Waals surface area contributed by atoms with E-state index in [1.165, 1.54) is 6.33 Å². The Morgan fingerprint density at radius 3 is 2.62 bits per heavy atom. The molecule has 7 nitrogen and oxygen atoms in total. The number of hydrogen-bond acceptors (Lipinski definition) is 5. The van der Waals surface area contributed by atoms with Crippen LogP contribution in [0.5, 0.6) is 0 Å². The average Bonchev–Trinajstić information content (AvgIpc) is 3.20. The first-order valence-corrected chi connectivity index (χ1v) is 11.0. The van der Waals surface area contributed by atoms with E-state index in [2.05, 4.69) is 49.1 Å². The number of fused-ring (bicyclic) bond motifs is 1. The van der Waals surface area contributed by atoms with Gasteiger partial charge in [0, 0.05) is 36.9 Å². The second kappa shape index (κ2) is 8.88. The number of nitrogens with zero attached hydrogens (tertiary/aromatic N) is 4. The number of carbonyl (C=O) groups is 1. The van der Waals surface area contributed by atoms with Crippen molar-refractivity contribution in [1.82, 2.24) is 24.8 Å². The first-order chi connectivity index (χ1) is 15.7. The first-order valence-electron chi connectivity index (χ1n) is 11.0. The van der Waals surface area contributed by atoms with Crippen LogP contribution in [0.4, 0.5) is 0 Å². The van der Waals surface area contributed by atoms with Crippen LogP contribution in [-0.2, 0) is 6.54 Å². The molecular formula is C25H25N5O2. The van der Waals surface area contributed by atoms with Crippen LogP contribution in [0, 0.1) is 0 Å². The van der Waals surface area contributed by atoms with Crippen molar-refractivity contribution in [1.29, 1.82) is 0 Å². The molecule has 7 heteroatoms. The summed E-state index contributed by atoms with van der Waals surface area (Å²) in [6, 6.07) is 11.9. The molecule has 1 aromatic carbocycles. The maximum absolute atomic E-state index is 13.1. The first kappa shape index (κ1) is 20.3. The number of carbonyl (C=O) groups excluding carboxylic acids is 1. The zero-order valence-corrected chi connectivity index (χ0v) is 17.7. The van der Waals surface area contributed by atoms with Gasteiger partial charge in [0.1, 0.15) is 11.8 Å². The fraction of sp³-hybridized carbons (Fsp3) is 0.280. The van der Waals surface area contributed by atoms with Crippen molar-refractivity contribution in [2.75, 3.05) is 0 Å². The molecule has 0 spiro atoms. The molecule has 3 heterocycles. The van der Waals surface area contributed by atoms with Gasteiger partial charge in [0.25, 0.3) is 5.91 Å². The Balaban J connectivity index is 1.39. The lowest BCUT2D eigenvalue weighted by Crippen LogP contribution is -2.45. The smallest absolute Gasteiger partial charge is 0.255 e. The van der Waals surface area contributed by atoms with Crippen LogP contribution in [0.2, 0.25) is 0 Å². The lowest BCUT2D eigenvalue weighted by Gasteiger charge is -2.28. The highest BCUT2D eigenvalue weighted by Crippen LogP contribution is 2.24. The van der Waals surface area contributed by atoms with Crippen LogP contribution in [-0.4, -0.2) is 42.7 Å². The van der Waals surface area contributed by atoms with Crippen molar-refractivity contribution in [3.63, 3.8) is 0 Å². The molecule has 1 saturated carbocycles. The molecule has 3 aromatic heterocycles. The van der Waals surface area contributed by atoms with Crippen molar-refractivity contribution >= 4 is 16.9 Å². The van der Waals surface area contributed by atoms with Gasteiger partial charge in [-0.15, -0.1) is 0 Å². The molecule has 5 rings (SSSR count). The molecule has 0 unspecified atom stereocenters. The van der Waals surface area contributed by atoms with Crippen LogP contribution >= 0.6 is 0 Å². The van der Waals surface area contributed by atoms with E-state index in [0.29, 0.717) is 17.6 Å². The fourth-order valence-corrected chi connectivity index (χ4v) is 4.39. The number of hydrogen-bond donors (Lipinski definition) is 2. The number of nitrogens with one attached hydrogen (secondary N) is 1. The van der Waals surface area contributed by atoms with Gasteiger partial charge in [0.15, 0.2) is 0 Å². The molecular weight excluding hydrogens is 402 g/mol. The number of amides is 1. The van der Waals surface area contributed by atoms with Crippen molar-refractivity contribution in [3.05, 3.63) is 78.6 Å². The highest BCUT2D eigenvalue weighted by molar-refractivity contribution is 6.05. The second-order valence-electron chi connectivity index (χ2n) is 8.30. The van der Waals surface area contributed by atoms with E-state index in [1.807, 2.05) is 18.3 Å². The van der Waals surface area contributed by atoms with Gasteiger partial charge in [0.05, 0.1) is 23.2 Å². The van der Waals surface area contributed by atoms with E-state index >= 15 is 0 Å². The lowest BCUT2D eigenvalue weighted by atomic mass is 9.92. The van der Waals surface area contributed by atoms with E-state index in [9.17, 15) is 9.90 Å². The standard InChI is InChI=1S/C25H25N5O2/c31-23-6-2-1-4-21(23)29-25(32)20-15-30(22-5-3-11-28-24(20)22)14-17-7-9-18(10-8-17)19-12-26-16-27-13-19/h3,5,7-13,15-16,21,23,31H,1-2,4,6,14H2,(H,29,32)/t21-,23-/m0/s1. The molecule has 4 aromatic rings. The fourth-order valence-electron chi connectivity index (χ4n) is 4.39. The quantitative estimate of drug-likeness (QED) is 0.508.